The summed E-state index contributed by atoms with van der Waals surface area (Å²) in [6.07, 6.45) is 2.82. The van der Waals surface area contributed by atoms with Gasteiger partial charge in [-0.25, -0.2) is 0 Å². The van der Waals surface area contributed by atoms with Gasteiger partial charge in [0.25, 0.3) is 5.91 Å². The van der Waals surface area contributed by atoms with Crippen molar-refractivity contribution in [3.63, 3.8) is 0 Å². The van der Waals surface area contributed by atoms with Crippen LogP contribution in [0.1, 0.15) is 41.4 Å². The van der Waals surface area contributed by atoms with Crippen LogP contribution >= 0.6 is 0 Å². The van der Waals surface area contributed by atoms with E-state index in [4.69, 9.17) is 4.74 Å². The van der Waals surface area contributed by atoms with E-state index in [9.17, 15) is 14.7 Å². The molecule has 4 rings (SSSR count). The van der Waals surface area contributed by atoms with Gasteiger partial charge in [0.1, 0.15) is 11.2 Å². The minimum atomic E-state index is -0.930. The summed E-state index contributed by atoms with van der Waals surface area (Å²) in [7, 11) is 0. The Balaban J connectivity index is 1.40. The quantitative estimate of drug-likeness (QED) is 0.821. The van der Waals surface area contributed by atoms with Crippen LogP contribution < -0.4 is 0 Å². The van der Waals surface area contributed by atoms with E-state index in [2.05, 4.69) is 10.2 Å². The summed E-state index contributed by atoms with van der Waals surface area (Å²) in [6, 6.07) is 1.86. The first-order valence-electron chi connectivity index (χ1n) is 8.51. The second kappa shape index (κ2) is 5.86. The first-order chi connectivity index (χ1) is 11.6. The average Bonchev–Trinajstić information content (AvgIpc) is 3.13. The molecule has 2 saturated heterocycles. The minimum absolute atomic E-state index is 0.0788. The van der Waals surface area contributed by atoms with Gasteiger partial charge in [0.15, 0.2) is 0 Å². The molecule has 0 aromatic carbocycles. The second-order valence-corrected chi connectivity index (χ2v) is 6.90. The van der Waals surface area contributed by atoms with Gasteiger partial charge in [-0.1, -0.05) is 0 Å². The zero-order valence-electron chi connectivity index (χ0n) is 13.5. The molecule has 0 radical (unpaired) electrons. The molecule has 1 aromatic heterocycles. The lowest BCUT2D eigenvalue weighted by atomic mass is 9.95. The SMILES string of the molecule is O=C(c1cc(C2CC2)[nH]n1)N1CCN(C2(C(=O)O)CCOC2)CC1. The molecule has 1 aromatic rings. The summed E-state index contributed by atoms with van der Waals surface area (Å²) in [5, 5.41) is 16.7. The van der Waals surface area contributed by atoms with E-state index in [1.54, 1.807) is 4.90 Å². The number of carboxylic acids is 1. The maximum absolute atomic E-state index is 12.6. The van der Waals surface area contributed by atoms with Gasteiger partial charge in [-0.15, -0.1) is 0 Å². The highest BCUT2D eigenvalue weighted by Gasteiger charge is 2.48. The molecule has 8 nitrogen and oxygen atoms in total. The first kappa shape index (κ1) is 15.6. The predicted molar refractivity (Wildman–Crippen MR) is 83.8 cm³/mol. The highest BCUT2D eigenvalue weighted by atomic mass is 16.5. The number of nitrogens with zero attached hydrogens (tertiary/aromatic N) is 3. The number of ether oxygens (including phenoxy) is 1. The van der Waals surface area contributed by atoms with Crippen molar-refractivity contribution in [1.29, 1.82) is 0 Å². The number of piperazine rings is 1. The maximum Gasteiger partial charge on any atom is 0.326 e. The normalized spacial score (nSPS) is 28.2. The topological polar surface area (TPSA) is 98.8 Å². The Morgan fingerprint density at radius 3 is 2.62 bits per heavy atom. The molecule has 3 heterocycles. The number of carboxylic acid groups (broad SMARTS) is 1. The van der Waals surface area contributed by atoms with Crippen molar-refractivity contribution in [3.05, 3.63) is 17.5 Å². The summed E-state index contributed by atoms with van der Waals surface area (Å²) in [6.45, 7) is 2.81. The van der Waals surface area contributed by atoms with Gasteiger partial charge < -0.3 is 14.7 Å². The molecule has 130 valence electrons. The Morgan fingerprint density at radius 1 is 1.29 bits per heavy atom. The molecule has 2 N–H and O–H groups in total. The van der Waals surface area contributed by atoms with Crippen LogP contribution in [0.3, 0.4) is 0 Å². The van der Waals surface area contributed by atoms with Crippen molar-refractivity contribution in [3.8, 4) is 0 Å². The van der Waals surface area contributed by atoms with Gasteiger partial charge in [0, 0.05) is 50.8 Å². The number of carbonyl (C=O) groups excluding carboxylic acids is 1. The number of H-pyrrole nitrogens is 1. The molecule has 8 heteroatoms. The van der Waals surface area contributed by atoms with Crippen molar-refractivity contribution >= 4 is 11.9 Å². The number of aromatic amines is 1. The maximum atomic E-state index is 12.6. The number of aromatic nitrogens is 2. The zero-order chi connectivity index (χ0) is 16.7. The van der Waals surface area contributed by atoms with Crippen LogP contribution in [0.25, 0.3) is 0 Å². The number of rotatable bonds is 4. The van der Waals surface area contributed by atoms with E-state index in [1.807, 2.05) is 11.0 Å². The fraction of sp³-hybridized carbons (Fsp3) is 0.688. The first-order valence-corrected chi connectivity index (χ1v) is 8.51. The zero-order valence-corrected chi connectivity index (χ0v) is 13.5. The molecule has 24 heavy (non-hydrogen) atoms. The smallest absolute Gasteiger partial charge is 0.326 e. The molecule has 0 bridgehead atoms. The molecule has 1 aliphatic carbocycles. The van der Waals surface area contributed by atoms with Gasteiger partial charge in [0.2, 0.25) is 0 Å². The van der Waals surface area contributed by atoms with Crippen LogP contribution in [-0.4, -0.2) is 81.9 Å². The highest BCUT2D eigenvalue weighted by Crippen LogP contribution is 2.39. The summed E-state index contributed by atoms with van der Waals surface area (Å²) >= 11 is 0. The van der Waals surface area contributed by atoms with Crippen molar-refractivity contribution in [2.45, 2.75) is 30.7 Å². The second-order valence-electron chi connectivity index (χ2n) is 6.90. The number of hydrogen-bond acceptors (Lipinski definition) is 5. The fourth-order valence-corrected chi connectivity index (χ4v) is 3.66. The van der Waals surface area contributed by atoms with Crippen LogP contribution in [0.5, 0.6) is 0 Å². The highest BCUT2D eigenvalue weighted by molar-refractivity contribution is 5.92. The molecular weight excluding hydrogens is 312 g/mol. The summed E-state index contributed by atoms with van der Waals surface area (Å²) in [5.74, 6) is -0.375. The molecule has 0 spiro atoms. The van der Waals surface area contributed by atoms with E-state index in [1.165, 1.54) is 0 Å². The third kappa shape index (κ3) is 2.59. The standard InChI is InChI=1S/C16H22N4O4/c21-14(13-9-12(17-18-13)11-1-2-11)19-4-6-20(7-5-19)16(15(22)23)3-8-24-10-16/h9,11H,1-8,10H2,(H,17,18)(H,22,23). The van der Waals surface area contributed by atoms with E-state index < -0.39 is 11.5 Å². The summed E-state index contributed by atoms with van der Waals surface area (Å²) in [4.78, 5) is 28.0. The van der Waals surface area contributed by atoms with E-state index in [0.29, 0.717) is 50.8 Å². The molecule has 1 unspecified atom stereocenters. The molecule has 3 fully saturated rings. The van der Waals surface area contributed by atoms with Crippen molar-refractivity contribution in [2.24, 2.45) is 0 Å². The van der Waals surface area contributed by atoms with Crippen LogP contribution in [-0.2, 0) is 9.53 Å². The summed E-state index contributed by atoms with van der Waals surface area (Å²) in [5.41, 5.74) is 0.577. The van der Waals surface area contributed by atoms with Crippen LogP contribution in [0.4, 0.5) is 0 Å². The molecule has 1 amide bonds. The van der Waals surface area contributed by atoms with Crippen LogP contribution in [0.15, 0.2) is 6.07 Å². The van der Waals surface area contributed by atoms with E-state index in [-0.39, 0.29) is 12.5 Å². The Hall–Kier alpha value is -1.93. The van der Waals surface area contributed by atoms with Crippen LogP contribution in [0.2, 0.25) is 0 Å². The molecule has 3 aliphatic rings. The van der Waals surface area contributed by atoms with Gasteiger partial charge in [0.05, 0.1) is 6.61 Å². The Kier molecular flexibility index (Phi) is 3.80. The Labute approximate surface area is 139 Å². The average molecular weight is 334 g/mol. The van der Waals surface area contributed by atoms with Crippen molar-refractivity contribution in [2.75, 3.05) is 39.4 Å². The van der Waals surface area contributed by atoms with E-state index in [0.717, 1.165) is 18.5 Å². The van der Waals surface area contributed by atoms with Crippen molar-refractivity contribution in [1.82, 2.24) is 20.0 Å². The Morgan fingerprint density at radius 2 is 2.04 bits per heavy atom. The van der Waals surface area contributed by atoms with Gasteiger partial charge in [-0.3, -0.25) is 19.6 Å². The lowest BCUT2D eigenvalue weighted by Crippen LogP contribution is -2.61. The largest absolute Gasteiger partial charge is 0.480 e. The summed E-state index contributed by atoms with van der Waals surface area (Å²) < 4.78 is 5.33. The predicted octanol–water partition coefficient (Wildman–Crippen LogP) is 0.289. The third-order valence-electron chi connectivity index (χ3n) is 5.41. The molecular formula is C16H22N4O4. The lowest BCUT2D eigenvalue weighted by Gasteiger charge is -2.42. The fourth-order valence-electron chi connectivity index (χ4n) is 3.66. The van der Waals surface area contributed by atoms with Gasteiger partial charge >= 0.3 is 5.97 Å². The van der Waals surface area contributed by atoms with Gasteiger partial charge in [-0.2, -0.15) is 5.10 Å². The minimum Gasteiger partial charge on any atom is -0.480 e. The monoisotopic (exact) mass is 334 g/mol. The number of amides is 1. The number of aliphatic carboxylic acids is 1. The van der Waals surface area contributed by atoms with Crippen molar-refractivity contribution < 1.29 is 19.4 Å². The van der Waals surface area contributed by atoms with Gasteiger partial charge in [-0.05, 0) is 18.9 Å². The number of nitrogens with one attached hydrogen (secondary N) is 1. The van der Waals surface area contributed by atoms with Crippen LogP contribution in [0, 0.1) is 0 Å². The Bertz CT molecular complexity index is 640. The number of hydrogen-bond donors (Lipinski definition) is 2. The van der Waals surface area contributed by atoms with E-state index >= 15 is 0 Å². The lowest BCUT2D eigenvalue weighted by molar-refractivity contribution is -0.152. The molecule has 1 saturated carbocycles. The molecule has 2 aliphatic heterocycles. The molecule has 1 atom stereocenters. The number of carbonyl (C=O) groups is 2. The third-order valence-corrected chi connectivity index (χ3v) is 5.41.